The molecule has 1 aliphatic rings. The lowest BCUT2D eigenvalue weighted by Gasteiger charge is -2.32. The van der Waals surface area contributed by atoms with Crippen molar-refractivity contribution >= 4 is 11.8 Å². The minimum atomic E-state index is 0.00285. The average Bonchev–Trinajstić information content (AvgIpc) is 2.89. The normalized spacial score (nSPS) is 13.9. The molecule has 4 rings (SSSR count). The van der Waals surface area contributed by atoms with Crippen molar-refractivity contribution in [3.05, 3.63) is 83.9 Å². The topological polar surface area (TPSA) is 67.9 Å². The van der Waals surface area contributed by atoms with Gasteiger partial charge in [0.25, 0.3) is 5.91 Å². The summed E-state index contributed by atoms with van der Waals surface area (Å²) in [4.78, 5) is 27.3. The first-order valence-electron chi connectivity index (χ1n) is 11.5. The Labute approximate surface area is 200 Å². The number of carbonyl (C=O) groups excluding carboxylic acids is 2. The van der Waals surface area contributed by atoms with Gasteiger partial charge in [-0.2, -0.15) is 0 Å². The van der Waals surface area contributed by atoms with E-state index in [1.165, 1.54) is 0 Å². The highest BCUT2D eigenvalue weighted by Crippen LogP contribution is 2.25. The first-order chi connectivity index (χ1) is 16.6. The van der Waals surface area contributed by atoms with Crippen molar-refractivity contribution in [2.75, 3.05) is 27.3 Å². The molecule has 0 unspecified atom stereocenters. The lowest BCUT2D eigenvalue weighted by molar-refractivity contribution is -0.121. The fourth-order valence-corrected chi connectivity index (χ4v) is 4.22. The Hall–Kier alpha value is -3.80. The first kappa shape index (κ1) is 23.4. The number of hydrogen-bond acceptors (Lipinski definition) is 4. The summed E-state index contributed by atoms with van der Waals surface area (Å²) in [6.07, 6.45) is 1.84. The van der Waals surface area contributed by atoms with Crippen LogP contribution in [0.4, 0.5) is 0 Å². The zero-order valence-electron chi connectivity index (χ0n) is 19.6. The molecule has 0 aromatic heterocycles. The van der Waals surface area contributed by atoms with Crippen LogP contribution in [0.2, 0.25) is 0 Å². The van der Waals surface area contributed by atoms with E-state index in [9.17, 15) is 9.59 Å². The van der Waals surface area contributed by atoms with E-state index >= 15 is 0 Å². The maximum atomic E-state index is 13.0. The molecule has 0 spiro atoms. The molecule has 3 aromatic rings. The monoisotopic (exact) mass is 458 g/mol. The van der Waals surface area contributed by atoms with Gasteiger partial charge in [0.1, 0.15) is 11.5 Å². The predicted octanol–water partition coefficient (Wildman–Crippen LogP) is 4.33. The number of benzene rings is 3. The fourth-order valence-electron chi connectivity index (χ4n) is 4.22. The van der Waals surface area contributed by atoms with Crippen molar-refractivity contribution < 1.29 is 19.1 Å². The van der Waals surface area contributed by atoms with E-state index in [2.05, 4.69) is 5.32 Å². The van der Waals surface area contributed by atoms with E-state index in [1.807, 2.05) is 77.7 Å². The zero-order chi connectivity index (χ0) is 23.9. The molecule has 0 aliphatic carbocycles. The highest BCUT2D eigenvalue weighted by atomic mass is 16.5. The molecule has 0 bridgehead atoms. The SMILES string of the molecule is COc1ccc(CC(=O)NC2CCN(C(=O)c3ccc(-c4cccc(OC)c4)cc3)CC2)cc1. The van der Waals surface area contributed by atoms with Gasteiger partial charge in [0, 0.05) is 24.7 Å². The minimum absolute atomic E-state index is 0.00285. The third-order valence-corrected chi connectivity index (χ3v) is 6.21. The van der Waals surface area contributed by atoms with E-state index in [-0.39, 0.29) is 17.9 Å². The highest BCUT2D eigenvalue weighted by molar-refractivity contribution is 5.94. The van der Waals surface area contributed by atoms with Crippen molar-refractivity contribution in [1.29, 1.82) is 0 Å². The molecule has 0 radical (unpaired) electrons. The van der Waals surface area contributed by atoms with Crippen LogP contribution in [-0.4, -0.2) is 50.1 Å². The lowest BCUT2D eigenvalue weighted by atomic mass is 10.0. The number of rotatable bonds is 7. The van der Waals surface area contributed by atoms with Crippen LogP contribution < -0.4 is 14.8 Å². The van der Waals surface area contributed by atoms with Crippen LogP contribution in [0, 0.1) is 0 Å². The zero-order valence-corrected chi connectivity index (χ0v) is 19.6. The molecule has 1 aliphatic heterocycles. The van der Waals surface area contributed by atoms with Gasteiger partial charge in [-0.05, 0) is 65.9 Å². The van der Waals surface area contributed by atoms with Crippen LogP contribution in [0.5, 0.6) is 11.5 Å². The molecule has 34 heavy (non-hydrogen) atoms. The van der Waals surface area contributed by atoms with Crippen molar-refractivity contribution in [2.24, 2.45) is 0 Å². The Kier molecular flexibility index (Phi) is 7.48. The number of piperidine rings is 1. The smallest absolute Gasteiger partial charge is 0.253 e. The summed E-state index contributed by atoms with van der Waals surface area (Å²) in [6.45, 7) is 1.26. The van der Waals surface area contributed by atoms with Crippen LogP contribution in [0.3, 0.4) is 0 Å². The molecule has 1 N–H and O–H groups in total. The van der Waals surface area contributed by atoms with Crippen molar-refractivity contribution in [2.45, 2.75) is 25.3 Å². The minimum Gasteiger partial charge on any atom is -0.497 e. The molecule has 0 atom stereocenters. The second-order valence-electron chi connectivity index (χ2n) is 8.47. The van der Waals surface area contributed by atoms with Gasteiger partial charge < -0.3 is 19.7 Å². The fraction of sp³-hybridized carbons (Fsp3) is 0.286. The third-order valence-electron chi connectivity index (χ3n) is 6.21. The van der Waals surface area contributed by atoms with Gasteiger partial charge in [0.05, 0.1) is 20.6 Å². The molecule has 1 heterocycles. The van der Waals surface area contributed by atoms with E-state index in [0.717, 1.165) is 41.0 Å². The standard InChI is InChI=1S/C28H30N2O4/c1-33-25-12-6-20(7-13-25)18-27(31)29-24-14-16-30(17-15-24)28(32)22-10-8-21(9-11-22)23-4-3-5-26(19-23)34-2/h3-13,19,24H,14-18H2,1-2H3,(H,29,31). The molecular formula is C28H30N2O4. The highest BCUT2D eigenvalue weighted by Gasteiger charge is 2.24. The lowest BCUT2D eigenvalue weighted by Crippen LogP contribution is -2.46. The summed E-state index contributed by atoms with van der Waals surface area (Å²) in [5, 5.41) is 3.11. The van der Waals surface area contributed by atoms with Gasteiger partial charge in [-0.1, -0.05) is 36.4 Å². The van der Waals surface area contributed by atoms with Crippen LogP contribution in [0.25, 0.3) is 11.1 Å². The molecule has 2 amide bonds. The summed E-state index contributed by atoms with van der Waals surface area (Å²) in [7, 11) is 3.27. The van der Waals surface area contributed by atoms with Crippen molar-refractivity contribution in [3.8, 4) is 22.6 Å². The molecule has 0 saturated carbocycles. The maximum absolute atomic E-state index is 13.0. The Morgan fingerprint density at radius 3 is 2.18 bits per heavy atom. The van der Waals surface area contributed by atoms with Gasteiger partial charge in [0.15, 0.2) is 0 Å². The number of carbonyl (C=O) groups is 2. The van der Waals surface area contributed by atoms with Crippen molar-refractivity contribution in [3.63, 3.8) is 0 Å². The summed E-state index contributed by atoms with van der Waals surface area (Å²) in [5.74, 6) is 1.61. The molecule has 1 fully saturated rings. The molecule has 3 aromatic carbocycles. The van der Waals surface area contributed by atoms with Crippen LogP contribution in [-0.2, 0) is 11.2 Å². The maximum Gasteiger partial charge on any atom is 0.253 e. The summed E-state index contributed by atoms with van der Waals surface area (Å²) < 4.78 is 10.5. The Morgan fingerprint density at radius 1 is 0.853 bits per heavy atom. The van der Waals surface area contributed by atoms with E-state index < -0.39 is 0 Å². The third kappa shape index (κ3) is 5.76. The van der Waals surface area contributed by atoms with Crippen molar-refractivity contribution in [1.82, 2.24) is 10.2 Å². The first-order valence-corrected chi connectivity index (χ1v) is 11.5. The summed E-state index contributed by atoms with van der Waals surface area (Å²) in [6, 6.07) is 23.1. The van der Waals surface area contributed by atoms with Gasteiger partial charge >= 0.3 is 0 Å². The van der Waals surface area contributed by atoms with Gasteiger partial charge in [-0.15, -0.1) is 0 Å². The van der Waals surface area contributed by atoms with Crippen LogP contribution >= 0.6 is 0 Å². The Bertz CT molecular complexity index is 1120. The number of hydrogen-bond donors (Lipinski definition) is 1. The van der Waals surface area contributed by atoms with Gasteiger partial charge in [-0.25, -0.2) is 0 Å². The number of ether oxygens (including phenoxy) is 2. The molecule has 1 saturated heterocycles. The predicted molar refractivity (Wildman–Crippen MR) is 132 cm³/mol. The van der Waals surface area contributed by atoms with Crippen LogP contribution in [0.1, 0.15) is 28.8 Å². The van der Waals surface area contributed by atoms with E-state index in [0.29, 0.717) is 25.1 Å². The number of likely N-dealkylation sites (tertiary alicyclic amines) is 1. The van der Waals surface area contributed by atoms with E-state index in [4.69, 9.17) is 9.47 Å². The Morgan fingerprint density at radius 2 is 1.53 bits per heavy atom. The summed E-state index contributed by atoms with van der Waals surface area (Å²) in [5.41, 5.74) is 3.70. The second kappa shape index (κ2) is 10.9. The number of nitrogens with one attached hydrogen (secondary N) is 1. The molecule has 6 nitrogen and oxygen atoms in total. The van der Waals surface area contributed by atoms with E-state index in [1.54, 1.807) is 14.2 Å². The van der Waals surface area contributed by atoms with Gasteiger partial charge in [-0.3, -0.25) is 9.59 Å². The molecule has 176 valence electrons. The number of amides is 2. The summed E-state index contributed by atoms with van der Waals surface area (Å²) >= 11 is 0. The Balaban J connectivity index is 1.27. The van der Waals surface area contributed by atoms with Gasteiger partial charge in [0.2, 0.25) is 5.91 Å². The second-order valence-corrected chi connectivity index (χ2v) is 8.47. The average molecular weight is 459 g/mol. The number of nitrogens with zero attached hydrogens (tertiary/aromatic N) is 1. The molecular weight excluding hydrogens is 428 g/mol. The van der Waals surface area contributed by atoms with Crippen LogP contribution in [0.15, 0.2) is 72.8 Å². The quantitative estimate of drug-likeness (QED) is 0.572. The molecule has 6 heteroatoms. The largest absolute Gasteiger partial charge is 0.497 e. The number of methoxy groups -OCH3 is 2.